The second-order valence-corrected chi connectivity index (χ2v) is 4.95. The Morgan fingerprint density at radius 1 is 1.50 bits per heavy atom. The topological polar surface area (TPSA) is 54.0 Å². The minimum absolute atomic E-state index is 0.199. The Kier molecular flexibility index (Phi) is 4.79. The van der Waals surface area contributed by atoms with Crippen molar-refractivity contribution in [3.05, 3.63) is 35.4 Å². The highest BCUT2D eigenvalue weighted by Gasteiger charge is 2.23. The van der Waals surface area contributed by atoms with E-state index in [2.05, 4.69) is 11.3 Å². The Bertz CT molecular complexity index is 514. The summed E-state index contributed by atoms with van der Waals surface area (Å²) in [6, 6.07) is 4.94. The molecule has 1 aromatic rings. The van der Waals surface area contributed by atoms with Gasteiger partial charge in [-0.2, -0.15) is 0 Å². The molecule has 0 saturated carbocycles. The molecule has 1 unspecified atom stereocenters. The normalized spacial score (nSPS) is 16.4. The van der Waals surface area contributed by atoms with Crippen LogP contribution in [0, 0.1) is 0 Å². The molecule has 5 nitrogen and oxygen atoms in total. The lowest BCUT2D eigenvalue weighted by molar-refractivity contribution is 0.0372. The van der Waals surface area contributed by atoms with Gasteiger partial charge in [-0.25, -0.2) is 4.79 Å². The highest BCUT2D eigenvalue weighted by Crippen LogP contribution is 2.33. The maximum Gasteiger partial charge on any atom is 0.337 e. The Hall–Kier alpha value is -1.82. The number of carbonyl (C=O) groups excluding carboxylic acids is 1. The Morgan fingerprint density at radius 3 is 3.00 bits per heavy atom. The maximum atomic E-state index is 11.4. The first-order chi connectivity index (χ1) is 9.63. The molecule has 1 aliphatic rings. The predicted octanol–water partition coefficient (Wildman–Crippen LogP) is 2.46. The smallest absolute Gasteiger partial charge is 0.337 e. The Morgan fingerprint density at radius 2 is 2.30 bits per heavy atom. The minimum atomic E-state index is -0.405. The van der Waals surface area contributed by atoms with Gasteiger partial charge in [0.05, 0.1) is 12.7 Å². The largest absolute Gasteiger partial charge is 0.486 e. The molecule has 6 heteroatoms. The van der Waals surface area contributed by atoms with Crippen molar-refractivity contribution in [2.45, 2.75) is 6.10 Å². The van der Waals surface area contributed by atoms with Gasteiger partial charge in [0.25, 0.3) is 0 Å². The maximum absolute atomic E-state index is 11.4. The van der Waals surface area contributed by atoms with Crippen molar-refractivity contribution >= 4 is 17.7 Å². The van der Waals surface area contributed by atoms with E-state index in [9.17, 15) is 4.79 Å². The molecule has 1 heterocycles. The van der Waals surface area contributed by atoms with Crippen LogP contribution in [0.5, 0.6) is 11.5 Å². The van der Waals surface area contributed by atoms with E-state index in [1.165, 1.54) is 18.9 Å². The van der Waals surface area contributed by atoms with E-state index in [0.717, 1.165) is 0 Å². The quantitative estimate of drug-likeness (QED) is 0.614. The molecule has 20 heavy (non-hydrogen) atoms. The van der Waals surface area contributed by atoms with Crippen LogP contribution in [0.4, 0.5) is 0 Å². The third-order valence-corrected chi connectivity index (χ3v) is 3.31. The summed E-state index contributed by atoms with van der Waals surface area (Å²) < 4.78 is 21.4. The third-order valence-electron chi connectivity index (χ3n) is 2.74. The number of hydrogen-bond acceptors (Lipinski definition) is 6. The van der Waals surface area contributed by atoms with Crippen LogP contribution in [0.1, 0.15) is 10.4 Å². The van der Waals surface area contributed by atoms with E-state index in [1.54, 1.807) is 18.2 Å². The fourth-order valence-electron chi connectivity index (χ4n) is 1.69. The number of carbonyl (C=O) groups is 1. The van der Waals surface area contributed by atoms with Gasteiger partial charge in [-0.1, -0.05) is 11.8 Å². The van der Waals surface area contributed by atoms with Crippen molar-refractivity contribution in [1.29, 1.82) is 0 Å². The molecule has 0 N–H and O–H groups in total. The first-order valence-corrected chi connectivity index (χ1v) is 7.24. The fourth-order valence-corrected chi connectivity index (χ4v) is 1.87. The molecule has 0 spiro atoms. The number of rotatable bonds is 5. The molecule has 1 atom stereocenters. The molecule has 0 fully saturated rings. The monoisotopic (exact) mass is 296 g/mol. The van der Waals surface area contributed by atoms with Gasteiger partial charge in [0.2, 0.25) is 0 Å². The van der Waals surface area contributed by atoms with Gasteiger partial charge in [-0.3, -0.25) is 0 Å². The van der Waals surface area contributed by atoms with E-state index in [0.29, 0.717) is 35.4 Å². The zero-order valence-electron chi connectivity index (χ0n) is 11.4. The summed E-state index contributed by atoms with van der Waals surface area (Å²) in [5, 5.41) is 0.639. The number of benzene rings is 1. The van der Waals surface area contributed by atoms with E-state index in [-0.39, 0.29) is 6.10 Å². The number of methoxy groups -OCH3 is 1. The van der Waals surface area contributed by atoms with Gasteiger partial charge in [-0.05, 0) is 31.0 Å². The molecule has 108 valence electrons. The van der Waals surface area contributed by atoms with Gasteiger partial charge >= 0.3 is 5.97 Å². The van der Waals surface area contributed by atoms with E-state index in [4.69, 9.17) is 14.2 Å². The summed E-state index contributed by atoms with van der Waals surface area (Å²) in [6.45, 7) is 4.47. The molecule has 2 rings (SSSR count). The molecule has 0 radical (unpaired) electrons. The number of hydrogen-bond donors (Lipinski definition) is 0. The van der Waals surface area contributed by atoms with E-state index in [1.807, 2.05) is 6.26 Å². The highest BCUT2D eigenvalue weighted by molar-refractivity contribution is 8.02. The van der Waals surface area contributed by atoms with Crippen molar-refractivity contribution < 1.29 is 23.7 Å². The number of thioether (sulfide) groups is 1. The van der Waals surface area contributed by atoms with Gasteiger partial charge < -0.3 is 18.9 Å². The van der Waals surface area contributed by atoms with E-state index >= 15 is 0 Å². The van der Waals surface area contributed by atoms with Gasteiger partial charge in [-0.15, -0.1) is 0 Å². The standard InChI is InChI=1S/C14H16O5S/c1-9(20-3)17-7-11-8-18-13-6-10(14(15)16-2)4-5-12(13)19-11/h4-6,11H,1,7-8H2,2-3H3. The summed E-state index contributed by atoms with van der Waals surface area (Å²) in [5.74, 6) is 0.721. The van der Waals surface area contributed by atoms with Gasteiger partial charge in [0.15, 0.2) is 17.6 Å². The third kappa shape index (κ3) is 3.39. The van der Waals surface area contributed by atoms with Crippen molar-refractivity contribution in [2.24, 2.45) is 0 Å². The van der Waals surface area contributed by atoms with Crippen molar-refractivity contribution in [1.82, 2.24) is 0 Å². The predicted molar refractivity (Wildman–Crippen MR) is 76.3 cm³/mol. The average Bonchev–Trinajstić information content (AvgIpc) is 2.50. The summed E-state index contributed by atoms with van der Waals surface area (Å²) in [7, 11) is 1.34. The van der Waals surface area contributed by atoms with Crippen molar-refractivity contribution in [3.63, 3.8) is 0 Å². The molecule has 0 amide bonds. The fraction of sp³-hybridized carbons (Fsp3) is 0.357. The molecule has 0 bridgehead atoms. The minimum Gasteiger partial charge on any atom is -0.486 e. The lowest BCUT2D eigenvalue weighted by Gasteiger charge is -2.26. The second-order valence-electron chi connectivity index (χ2n) is 4.09. The van der Waals surface area contributed by atoms with Gasteiger partial charge in [0, 0.05) is 0 Å². The number of esters is 1. The molecular weight excluding hydrogens is 280 g/mol. The number of ether oxygens (including phenoxy) is 4. The summed E-state index contributed by atoms with van der Waals surface area (Å²) in [6.07, 6.45) is 1.69. The Balaban J connectivity index is 2.00. The number of fused-ring (bicyclic) bond motifs is 1. The highest BCUT2D eigenvalue weighted by atomic mass is 32.2. The molecule has 1 aromatic carbocycles. The average molecular weight is 296 g/mol. The molecule has 0 saturated heterocycles. The summed E-state index contributed by atoms with van der Waals surface area (Å²) in [4.78, 5) is 11.4. The summed E-state index contributed by atoms with van der Waals surface area (Å²) in [5.41, 5.74) is 0.431. The SMILES string of the molecule is C=C(OCC1COc2cc(C(=O)OC)ccc2O1)SC. The van der Waals surface area contributed by atoms with E-state index < -0.39 is 5.97 Å². The van der Waals surface area contributed by atoms with Gasteiger partial charge in [0.1, 0.15) is 18.3 Å². The van der Waals surface area contributed by atoms with Crippen LogP contribution in [0.2, 0.25) is 0 Å². The first-order valence-electron chi connectivity index (χ1n) is 6.01. The van der Waals surface area contributed by atoms with Crippen LogP contribution >= 0.6 is 11.8 Å². The van der Waals surface area contributed by atoms with Crippen LogP contribution in [0.3, 0.4) is 0 Å². The van der Waals surface area contributed by atoms with Crippen LogP contribution in [0.15, 0.2) is 29.9 Å². The summed E-state index contributed by atoms with van der Waals surface area (Å²) >= 11 is 1.44. The second kappa shape index (κ2) is 6.56. The zero-order valence-corrected chi connectivity index (χ0v) is 12.2. The van der Waals surface area contributed by atoms with Crippen molar-refractivity contribution in [3.8, 4) is 11.5 Å². The first kappa shape index (κ1) is 14.6. The Labute approximate surface area is 121 Å². The van der Waals surface area contributed by atoms with Crippen LogP contribution in [0.25, 0.3) is 0 Å². The lowest BCUT2D eigenvalue weighted by Crippen LogP contribution is -2.33. The van der Waals surface area contributed by atoms with Crippen LogP contribution < -0.4 is 9.47 Å². The molecule has 1 aliphatic heterocycles. The molecule has 0 aromatic heterocycles. The molecular formula is C14H16O5S. The van der Waals surface area contributed by atoms with Crippen molar-refractivity contribution in [2.75, 3.05) is 26.6 Å². The lowest BCUT2D eigenvalue weighted by atomic mass is 10.2. The zero-order chi connectivity index (χ0) is 14.5. The van der Waals surface area contributed by atoms with Crippen LogP contribution in [-0.4, -0.2) is 38.7 Å². The molecule has 0 aliphatic carbocycles. The van der Waals surface area contributed by atoms with Crippen LogP contribution in [-0.2, 0) is 9.47 Å².